The van der Waals surface area contributed by atoms with E-state index in [-0.39, 0.29) is 28.8 Å². The van der Waals surface area contributed by atoms with Crippen molar-refractivity contribution in [3.8, 4) is 0 Å². The molecule has 0 atom stereocenters. The van der Waals surface area contributed by atoms with Gasteiger partial charge in [-0.05, 0) is 31.9 Å². The molecule has 1 amide bonds. The van der Waals surface area contributed by atoms with Gasteiger partial charge in [-0.1, -0.05) is 0 Å². The number of anilines is 2. The quantitative estimate of drug-likeness (QED) is 0.829. The smallest absolute Gasteiger partial charge is 0.291 e. The summed E-state index contributed by atoms with van der Waals surface area (Å²) in [6.45, 7) is 2.52. The number of carbonyl (C=O) groups is 1. The summed E-state index contributed by atoms with van der Waals surface area (Å²) in [5, 5.41) is 2.59. The van der Waals surface area contributed by atoms with Crippen molar-refractivity contribution in [3.05, 3.63) is 35.9 Å². The number of pyridine rings is 1. The Labute approximate surface area is 151 Å². The molecule has 0 unspecified atom stereocenters. The van der Waals surface area contributed by atoms with Crippen LogP contribution in [0.15, 0.2) is 33.7 Å². The molecule has 3 heterocycles. The summed E-state index contributed by atoms with van der Waals surface area (Å²) in [5.74, 6) is -0.0852. The van der Waals surface area contributed by atoms with Gasteiger partial charge in [0.1, 0.15) is 16.5 Å². The Morgan fingerprint density at radius 2 is 2.00 bits per heavy atom. The SMILES string of the molecule is Cc1oc(C(=O)Nc2ccc(N)nc2)cc1S(=O)(=O)N1CCCC1.Cl. The number of hydrogen-bond donors (Lipinski definition) is 2. The minimum absolute atomic E-state index is 0. The highest BCUT2D eigenvalue weighted by molar-refractivity contribution is 7.89. The van der Waals surface area contributed by atoms with Crippen molar-refractivity contribution < 1.29 is 17.6 Å². The maximum absolute atomic E-state index is 12.6. The molecule has 0 saturated carbocycles. The van der Waals surface area contributed by atoms with Crippen LogP contribution in [0.25, 0.3) is 0 Å². The second kappa shape index (κ2) is 7.42. The standard InChI is InChI=1S/C15H18N4O4S.ClH/c1-10-13(24(21,22)19-6-2-3-7-19)8-12(23-10)15(20)18-11-4-5-14(16)17-9-11;/h4-5,8-9H,2-3,6-7H2,1H3,(H2,16,17)(H,18,20);1H. The van der Waals surface area contributed by atoms with E-state index in [4.69, 9.17) is 10.2 Å². The van der Waals surface area contributed by atoms with Gasteiger partial charge in [0.25, 0.3) is 5.91 Å². The monoisotopic (exact) mass is 386 g/mol. The lowest BCUT2D eigenvalue weighted by molar-refractivity contribution is 0.0995. The zero-order chi connectivity index (χ0) is 17.3. The molecule has 8 nitrogen and oxygen atoms in total. The Morgan fingerprint density at radius 1 is 1.32 bits per heavy atom. The van der Waals surface area contributed by atoms with Crippen LogP contribution in [0.4, 0.5) is 11.5 Å². The molecule has 0 aliphatic carbocycles. The predicted octanol–water partition coefficient (Wildman–Crippen LogP) is 2.02. The molecule has 2 aromatic heterocycles. The summed E-state index contributed by atoms with van der Waals surface area (Å²) >= 11 is 0. The van der Waals surface area contributed by atoms with E-state index in [0.29, 0.717) is 24.6 Å². The first-order valence-corrected chi connectivity index (χ1v) is 8.95. The number of rotatable bonds is 4. The molecule has 3 rings (SSSR count). The molecule has 1 aliphatic rings. The van der Waals surface area contributed by atoms with Crippen LogP contribution in [-0.4, -0.2) is 36.7 Å². The number of halogens is 1. The first-order chi connectivity index (χ1) is 11.4. The van der Waals surface area contributed by atoms with E-state index in [2.05, 4.69) is 10.3 Å². The van der Waals surface area contributed by atoms with Gasteiger partial charge in [0.05, 0.1) is 11.9 Å². The average molecular weight is 387 g/mol. The number of nitrogens with two attached hydrogens (primary N) is 1. The Bertz CT molecular complexity index is 858. The number of nitrogen functional groups attached to an aromatic ring is 1. The number of aryl methyl sites for hydroxylation is 1. The van der Waals surface area contributed by atoms with Crippen molar-refractivity contribution in [2.24, 2.45) is 0 Å². The third kappa shape index (κ3) is 3.94. The van der Waals surface area contributed by atoms with Crippen molar-refractivity contribution in [3.63, 3.8) is 0 Å². The van der Waals surface area contributed by atoms with Crippen LogP contribution in [0.1, 0.15) is 29.2 Å². The molecule has 25 heavy (non-hydrogen) atoms. The Balaban J connectivity index is 0.00000225. The third-order valence-electron chi connectivity index (χ3n) is 3.82. The van der Waals surface area contributed by atoms with Crippen LogP contribution >= 0.6 is 12.4 Å². The molecule has 2 aromatic rings. The van der Waals surface area contributed by atoms with Gasteiger partial charge in [0, 0.05) is 19.2 Å². The second-order valence-electron chi connectivity index (χ2n) is 5.57. The zero-order valence-electron chi connectivity index (χ0n) is 13.6. The van der Waals surface area contributed by atoms with Gasteiger partial charge in [-0.25, -0.2) is 13.4 Å². The van der Waals surface area contributed by atoms with Crippen LogP contribution in [-0.2, 0) is 10.0 Å². The van der Waals surface area contributed by atoms with E-state index in [1.807, 2.05) is 0 Å². The number of furan rings is 1. The van der Waals surface area contributed by atoms with Gasteiger partial charge in [-0.3, -0.25) is 4.79 Å². The highest BCUT2D eigenvalue weighted by Gasteiger charge is 2.31. The number of sulfonamides is 1. The molecule has 1 aliphatic heterocycles. The molecule has 0 aromatic carbocycles. The van der Waals surface area contributed by atoms with Crippen molar-refractivity contribution in [2.75, 3.05) is 24.1 Å². The molecule has 1 saturated heterocycles. The van der Waals surface area contributed by atoms with Gasteiger partial charge in [0.15, 0.2) is 5.76 Å². The summed E-state index contributed by atoms with van der Waals surface area (Å²) in [6.07, 6.45) is 3.09. The van der Waals surface area contributed by atoms with Crippen molar-refractivity contribution in [2.45, 2.75) is 24.7 Å². The minimum Gasteiger partial charge on any atom is -0.455 e. The molecule has 0 bridgehead atoms. The molecule has 1 fully saturated rings. The van der Waals surface area contributed by atoms with Crippen molar-refractivity contribution >= 4 is 39.8 Å². The first kappa shape index (κ1) is 19.2. The Kier molecular flexibility index (Phi) is 5.71. The summed E-state index contributed by atoms with van der Waals surface area (Å²) in [4.78, 5) is 16.1. The van der Waals surface area contributed by atoms with E-state index in [9.17, 15) is 13.2 Å². The third-order valence-corrected chi connectivity index (χ3v) is 5.83. The summed E-state index contributed by atoms with van der Waals surface area (Å²) in [6, 6.07) is 4.41. The van der Waals surface area contributed by atoms with Gasteiger partial charge >= 0.3 is 0 Å². The van der Waals surface area contributed by atoms with Crippen LogP contribution in [0.5, 0.6) is 0 Å². The van der Waals surface area contributed by atoms with E-state index in [1.54, 1.807) is 12.1 Å². The molecular weight excluding hydrogens is 368 g/mol. The fourth-order valence-corrected chi connectivity index (χ4v) is 4.25. The minimum atomic E-state index is -3.63. The Hall–Kier alpha value is -2.10. The molecule has 136 valence electrons. The van der Waals surface area contributed by atoms with E-state index >= 15 is 0 Å². The van der Waals surface area contributed by atoms with E-state index in [1.165, 1.54) is 23.5 Å². The fraction of sp³-hybridized carbons (Fsp3) is 0.333. The number of hydrogen-bond acceptors (Lipinski definition) is 6. The van der Waals surface area contributed by atoms with E-state index < -0.39 is 15.9 Å². The lowest BCUT2D eigenvalue weighted by Gasteiger charge is -2.14. The maximum Gasteiger partial charge on any atom is 0.291 e. The van der Waals surface area contributed by atoms with Crippen molar-refractivity contribution in [1.29, 1.82) is 0 Å². The van der Waals surface area contributed by atoms with Gasteiger partial charge in [0.2, 0.25) is 10.0 Å². The number of nitrogens with one attached hydrogen (secondary N) is 1. The highest BCUT2D eigenvalue weighted by atomic mass is 35.5. The van der Waals surface area contributed by atoms with Crippen LogP contribution in [0.2, 0.25) is 0 Å². The number of carbonyl (C=O) groups excluding carboxylic acids is 1. The molecular formula is C15H19ClN4O4S. The number of amides is 1. The van der Waals surface area contributed by atoms with Crippen molar-refractivity contribution in [1.82, 2.24) is 9.29 Å². The van der Waals surface area contributed by atoms with Crippen LogP contribution in [0, 0.1) is 6.92 Å². The second-order valence-corrected chi connectivity index (χ2v) is 7.47. The summed E-state index contributed by atoms with van der Waals surface area (Å²) < 4.78 is 32.0. The summed E-state index contributed by atoms with van der Waals surface area (Å²) in [7, 11) is -3.63. The topological polar surface area (TPSA) is 119 Å². The number of aromatic nitrogens is 1. The van der Waals surface area contributed by atoms with E-state index in [0.717, 1.165) is 12.8 Å². The van der Waals surface area contributed by atoms with Crippen LogP contribution in [0.3, 0.4) is 0 Å². The molecule has 0 spiro atoms. The zero-order valence-corrected chi connectivity index (χ0v) is 15.2. The largest absolute Gasteiger partial charge is 0.455 e. The van der Waals surface area contributed by atoms with Crippen LogP contribution < -0.4 is 11.1 Å². The molecule has 3 N–H and O–H groups in total. The first-order valence-electron chi connectivity index (χ1n) is 7.51. The Morgan fingerprint density at radius 3 is 2.60 bits per heavy atom. The average Bonchev–Trinajstić information content (AvgIpc) is 3.19. The van der Waals surface area contributed by atoms with Gasteiger partial charge in [-0.15, -0.1) is 12.4 Å². The maximum atomic E-state index is 12.6. The highest BCUT2D eigenvalue weighted by Crippen LogP contribution is 2.26. The fourth-order valence-electron chi connectivity index (χ4n) is 2.57. The lowest BCUT2D eigenvalue weighted by Crippen LogP contribution is -2.28. The van der Waals surface area contributed by atoms with Gasteiger partial charge < -0.3 is 15.5 Å². The van der Waals surface area contributed by atoms with Gasteiger partial charge in [-0.2, -0.15) is 4.31 Å². The molecule has 0 radical (unpaired) electrons. The molecule has 10 heteroatoms. The normalized spacial score (nSPS) is 14.9. The lowest BCUT2D eigenvalue weighted by atomic mass is 10.3. The summed E-state index contributed by atoms with van der Waals surface area (Å²) in [5.41, 5.74) is 5.92. The predicted molar refractivity (Wildman–Crippen MR) is 95.3 cm³/mol. The number of nitrogens with zero attached hydrogens (tertiary/aromatic N) is 2.